The first-order valence-electron chi connectivity index (χ1n) is 12.7. The lowest BCUT2D eigenvalue weighted by Gasteiger charge is -2.32. The monoisotopic (exact) mass is 565 g/mol. The summed E-state index contributed by atoms with van der Waals surface area (Å²) in [5, 5.41) is 17.2. The van der Waals surface area contributed by atoms with Gasteiger partial charge in [0.2, 0.25) is 11.9 Å². The number of amides is 1. The molecule has 2 aromatic rings. The highest BCUT2D eigenvalue weighted by Crippen LogP contribution is 2.38. The van der Waals surface area contributed by atoms with Crippen molar-refractivity contribution < 1.29 is 27.6 Å². The van der Waals surface area contributed by atoms with Gasteiger partial charge in [-0.1, -0.05) is 0 Å². The molecule has 2 aliphatic heterocycles. The Kier molecular flexibility index (Phi) is 7.89. The van der Waals surface area contributed by atoms with Crippen molar-refractivity contribution in [1.29, 1.82) is 0 Å². The van der Waals surface area contributed by atoms with Gasteiger partial charge in [-0.25, -0.2) is 18.2 Å². The molecule has 0 radical (unpaired) electrons. The van der Waals surface area contributed by atoms with Crippen LogP contribution in [-0.2, 0) is 16.3 Å². The molecule has 2 fully saturated rings. The molecule has 5 atom stereocenters. The summed E-state index contributed by atoms with van der Waals surface area (Å²) in [4.78, 5) is 21.6. The number of nitrogens with zero attached hydrogens (tertiary/aromatic N) is 4. The SMILES string of the molecule is CC(=O)N[C@H]1CC[C@H](Nc2ncc3c(n2)N(C)C(O)C(c2c(F)ccc(N[S+]([O-])N4CC[C@@H](F)C4)c2F)=C3)C1. The molecule has 10 nitrogen and oxygen atoms in total. The summed E-state index contributed by atoms with van der Waals surface area (Å²) in [6.45, 7) is 1.68. The van der Waals surface area contributed by atoms with Gasteiger partial charge in [0.05, 0.1) is 12.1 Å². The first kappa shape index (κ1) is 27.5. The molecular formula is C25H30F3N7O3S. The van der Waals surface area contributed by atoms with Gasteiger partial charge >= 0.3 is 0 Å². The molecule has 1 aliphatic carbocycles. The van der Waals surface area contributed by atoms with Crippen molar-refractivity contribution in [2.75, 3.05) is 35.1 Å². The second-order valence-electron chi connectivity index (χ2n) is 10.0. The van der Waals surface area contributed by atoms with E-state index < -0.39 is 41.1 Å². The number of likely N-dealkylation sites (N-methyl/N-ethyl adjacent to an activating group) is 1. The standard InChI is InChI=1S/C25H30F3N7O3S/c1-13(36)30-16-3-4-17(10-16)31-25-29-11-14-9-18(24(37)34(2)23(14)32-25)21-19(27)5-6-20(22(21)28)33-39(38)35-8-7-15(26)12-35/h5-6,9,11,15-17,24,33,37H,3-4,7-8,10,12H2,1-2H3,(H,30,36)(H,29,31,32)/t15-,16+,17+,24?,39?/m1/s1. The number of anilines is 3. The predicted octanol–water partition coefficient (Wildman–Crippen LogP) is 2.57. The number of alkyl halides is 1. The van der Waals surface area contributed by atoms with Crippen LogP contribution in [0.3, 0.4) is 0 Å². The van der Waals surface area contributed by atoms with Gasteiger partial charge in [0.15, 0.2) is 23.6 Å². The number of hydrogen-bond donors (Lipinski definition) is 4. The molecule has 210 valence electrons. The molecule has 39 heavy (non-hydrogen) atoms. The molecule has 3 heterocycles. The van der Waals surface area contributed by atoms with Crippen molar-refractivity contribution in [2.24, 2.45) is 0 Å². The molecule has 1 aromatic heterocycles. The summed E-state index contributed by atoms with van der Waals surface area (Å²) in [5.41, 5.74) is -0.335. The van der Waals surface area contributed by atoms with Gasteiger partial charge in [0, 0.05) is 49.9 Å². The number of carbonyl (C=O) groups is 1. The van der Waals surface area contributed by atoms with Crippen LogP contribution >= 0.6 is 0 Å². The average Bonchev–Trinajstić information content (AvgIpc) is 3.52. The van der Waals surface area contributed by atoms with E-state index in [9.17, 15) is 23.2 Å². The number of benzene rings is 1. The zero-order valence-electron chi connectivity index (χ0n) is 21.5. The number of carbonyl (C=O) groups excluding carboxylic acids is 1. The molecule has 0 bridgehead atoms. The zero-order valence-corrected chi connectivity index (χ0v) is 22.3. The van der Waals surface area contributed by atoms with Crippen molar-refractivity contribution in [2.45, 2.75) is 57.1 Å². The zero-order chi connectivity index (χ0) is 27.8. The van der Waals surface area contributed by atoms with Gasteiger partial charge in [0.1, 0.15) is 23.5 Å². The lowest BCUT2D eigenvalue weighted by molar-refractivity contribution is -0.119. The lowest BCUT2D eigenvalue weighted by atomic mass is 9.96. The summed E-state index contributed by atoms with van der Waals surface area (Å²) in [6.07, 6.45) is 2.98. The van der Waals surface area contributed by atoms with Crippen LogP contribution in [-0.4, -0.2) is 74.5 Å². The molecule has 1 saturated carbocycles. The second-order valence-corrected chi connectivity index (χ2v) is 11.2. The van der Waals surface area contributed by atoms with Crippen molar-refractivity contribution >= 4 is 46.6 Å². The van der Waals surface area contributed by atoms with E-state index in [1.807, 2.05) is 0 Å². The normalized spacial score (nSPS) is 25.7. The molecular weight excluding hydrogens is 535 g/mol. The minimum Gasteiger partial charge on any atom is -0.573 e. The van der Waals surface area contributed by atoms with Gasteiger partial charge in [-0.3, -0.25) is 4.79 Å². The highest BCUT2D eigenvalue weighted by atomic mass is 32.2. The number of nitrogens with one attached hydrogen (secondary N) is 3. The van der Waals surface area contributed by atoms with Crippen LogP contribution in [0.25, 0.3) is 11.6 Å². The molecule has 1 saturated heterocycles. The van der Waals surface area contributed by atoms with Crippen LogP contribution in [0, 0.1) is 11.6 Å². The third-order valence-electron chi connectivity index (χ3n) is 7.16. The quantitative estimate of drug-likeness (QED) is 0.375. The van der Waals surface area contributed by atoms with Crippen molar-refractivity contribution in [3.8, 4) is 0 Å². The molecule has 5 rings (SSSR count). The van der Waals surface area contributed by atoms with Crippen LogP contribution in [0.15, 0.2) is 18.3 Å². The molecule has 2 unspecified atom stereocenters. The number of hydrogen-bond acceptors (Lipinski definition) is 9. The number of aliphatic hydroxyl groups is 1. The lowest BCUT2D eigenvalue weighted by Crippen LogP contribution is -2.37. The Bertz CT molecular complexity index is 1290. The topological polar surface area (TPSA) is 129 Å². The van der Waals surface area contributed by atoms with Gasteiger partial charge in [-0.05, 0) is 43.9 Å². The molecule has 1 amide bonds. The van der Waals surface area contributed by atoms with E-state index in [4.69, 9.17) is 0 Å². The summed E-state index contributed by atoms with van der Waals surface area (Å²) >= 11 is -1.92. The second kappa shape index (κ2) is 11.2. The van der Waals surface area contributed by atoms with Crippen LogP contribution in [0.2, 0.25) is 0 Å². The molecule has 4 N–H and O–H groups in total. The molecule has 3 aliphatic rings. The molecule has 1 aromatic carbocycles. The Hall–Kier alpha value is -3.07. The fourth-order valence-corrected chi connectivity index (χ4v) is 6.25. The van der Waals surface area contributed by atoms with Gasteiger partial charge in [-0.2, -0.15) is 9.71 Å². The Morgan fingerprint density at radius 1 is 1.23 bits per heavy atom. The van der Waals surface area contributed by atoms with Crippen LogP contribution in [0.1, 0.15) is 43.7 Å². The summed E-state index contributed by atoms with van der Waals surface area (Å²) in [6, 6.07) is 2.27. The third-order valence-corrected chi connectivity index (χ3v) is 8.36. The van der Waals surface area contributed by atoms with Crippen LogP contribution in [0.5, 0.6) is 0 Å². The van der Waals surface area contributed by atoms with E-state index in [-0.39, 0.29) is 48.8 Å². The maximum Gasteiger partial charge on any atom is 0.224 e. The largest absolute Gasteiger partial charge is 0.573 e. The van der Waals surface area contributed by atoms with Gasteiger partial charge < -0.3 is 25.2 Å². The van der Waals surface area contributed by atoms with E-state index in [1.54, 1.807) is 7.05 Å². The molecule has 0 spiro atoms. The Morgan fingerprint density at radius 2 is 2.00 bits per heavy atom. The highest BCUT2D eigenvalue weighted by Gasteiger charge is 2.35. The Balaban J connectivity index is 1.37. The maximum absolute atomic E-state index is 15.6. The van der Waals surface area contributed by atoms with E-state index >= 15 is 4.39 Å². The minimum absolute atomic E-state index is 0.0474. The number of halogens is 3. The van der Waals surface area contributed by atoms with Crippen molar-refractivity contribution in [3.05, 3.63) is 41.1 Å². The minimum atomic E-state index is -1.92. The maximum atomic E-state index is 15.6. The number of fused-ring (bicyclic) bond motifs is 1. The first-order valence-corrected chi connectivity index (χ1v) is 13.8. The van der Waals surface area contributed by atoms with Crippen LogP contribution in [0.4, 0.5) is 30.6 Å². The van der Waals surface area contributed by atoms with E-state index in [0.717, 1.165) is 31.4 Å². The smallest absolute Gasteiger partial charge is 0.224 e. The van der Waals surface area contributed by atoms with E-state index in [0.29, 0.717) is 17.3 Å². The fraction of sp³-hybridized carbons (Fsp3) is 0.480. The van der Waals surface area contributed by atoms with Crippen molar-refractivity contribution in [3.63, 3.8) is 0 Å². The van der Waals surface area contributed by atoms with Gasteiger partial charge in [0.25, 0.3) is 0 Å². The third kappa shape index (κ3) is 5.78. The average molecular weight is 566 g/mol. The summed E-state index contributed by atoms with van der Waals surface area (Å²) in [7, 11) is 1.55. The number of rotatable bonds is 7. The van der Waals surface area contributed by atoms with Gasteiger partial charge in [-0.15, -0.1) is 4.31 Å². The number of aliphatic hydroxyl groups excluding tert-OH is 1. The Labute approximate surface area is 227 Å². The van der Waals surface area contributed by atoms with Crippen molar-refractivity contribution in [1.82, 2.24) is 19.6 Å². The fourth-order valence-electron chi connectivity index (χ4n) is 5.21. The Morgan fingerprint density at radius 3 is 2.72 bits per heavy atom. The van der Waals surface area contributed by atoms with E-state index in [1.165, 1.54) is 28.4 Å². The number of aromatic nitrogens is 2. The predicted molar refractivity (Wildman–Crippen MR) is 142 cm³/mol. The summed E-state index contributed by atoms with van der Waals surface area (Å²) in [5.74, 6) is -1.32. The summed E-state index contributed by atoms with van der Waals surface area (Å²) < 4.78 is 60.4. The van der Waals surface area contributed by atoms with Crippen LogP contribution < -0.4 is 20.3 Å². The van der Waals surface area contributed by atoms with E-state index in [2.05, 4.69) is 25.3 Å². The molecule has 14 heteroatoms. The first-order chi connectivity index (χ1) is 18.6. The highest BCUT2D eigenvalue weighted by molar-refractivity contribution is 7.90.